The summed E-state index contributed by atoms with van der Waals surface area (Å²) in [5.41, 5.74) is 1.08. The van der Waals surface area contributed by atoms with Crippen LogP contribution in [0.15, 0.2) is 18.3 Å². The van der Waals surface area contributed by atoms with Crippen LogP contribution in [-0.2, 0) is 0 Å². The second-order valence-corrected chi connectivity index (χ2v) is 4.88. The maximum atomic E-state index is 9.87. The van der Waals surface area contributed by atoms with Crippen LogP contribution in [0.1, 0.15) is 38.8 Å². The number of nitrogens with one attached hydrogen (secondary N) is 1. The fourth-order valence-corrected chi connectivity index (χ4v) is 1.76. The molecule has 0 radical (unpaired) electrons. The van der Waals surface area contributed by atoms with Crippen LogP contribution in [0.5, 0.6) is 0 Å². The van der Waals surface area contributed by atoms with Crippen LogP contribution < -0.4 is 5.32 Å². The van der Waals surface area contributed by atoms with Crippen LogP contribution in [0.4, 0.5) is 0 Å². The summed E-state index contributed by atoms with van der Waals surface area (Å²) in [6.07, 6.45) is 2.37. The minimum atomic E-state index is -0.306. The molecule has 96 valence electrons. The van der Waals surface area contributed by atoms with Gasteiger partial charge in [-0.2, -0.15) is 0 Å². The third-order valence-corrected chi connectivity index (χ3v) is 3.39. The molecule has 4 heteroatoms. The van der Waals surface area contributed by atoms with E-state index >= 15 is 0 Å². The Hall–Kier alpha value is -0.640. The van der Waals surface area contributed by atoms with Crippen LogP contribution in [0.25, 0.3) is 0 Å². The fourth-order valence-electron chi connectivity index (χ4n) is 1.58. The van der Waals surface area contributed by atoms with Gasteiger partial charge in [-0.25, -0.2) is 4.98 Å². The molecule has 1 heterocycles. The number of halogens is 1. The van der Waals surface area contributed by atoms with E-state index in [9.17, 15) is 5.11 Å². The third kappa shape index (κ3) is 4.62. The Morgan fingerprint density at radius 3 is 2.76 bits per heavy atom. The molecule has 0 aliphatic rings. The zero-order valence-corrected chi connectivity index (χ0v) is 11.4. The zero-order chi connectivity index (χ0) is 12.8. The number of hydrogen-bond acceptors (Lipinski definition) is 3. The first-order valence-corrected chi connectivity index (χ1v) is 6.45. The van der Waals surface area contributed by atoms with Crippen molar-refractivity contribution in [1.29, 1.82) is 0 Å². The van der Waals surface area contributed by atoms with Gasteiger partial charge < -0.3 is 10.4 Å². The van der Waals surface area contributed by atoms with Crippen molar-refractivity contribution < 1.29 is 5.11 Å². The molecule has 0 saturated heterocycles. The summed E-state index contributed by atoms with van der Waals surface area (Å²) in [5.74, 6) is 0.315. The number of aromatic nitrogens is 1. The van der Waals surface area contributed by atoms with Crippen molar-refractivity contribution in [3.63, 3.8) is 0 Å². The van der Waals surface area contributed by atoms with Crippen LogP contribution in [0.2, 0.25) is 5.15 Å². The largest absolute Gasteiger partial charge is 0.392 e. The highest BCUT2D eigenvalue weighted by Crippen LogP contribution is 2.15. The molecule has 0 amide bonds. The molecule has 1 aromatic rings. The molecule has 0 aromatic carbocycles. The average molecular weight is 257 g/mol. The Labute approximate surface area is 108 Å². The molecule has 1 aromatic heterocycles. The second-order valence-electron chi connectivity index (χ2n) is 4.49. The normalized spacial score (nSPS) is 16.5. The Morgan fingerprint density at radius 2 is 2.18 bits per heavy atom. The first-order chi connectivity index (χ1) is 8.04. The summed E-state index contributed by atoms with van der Waals surface area (Å²) >= 11 is 5.84. The molecule has 0 saturated carbocycles. The Balaban J connectivity index is 2.47. The monoisotopic (exact) mass is 256 g/mol. The van der Waals surface area contributed by atoms with Gasteiger partial charge in [-0.15, -0.1) is 0 Å². The van der Waals surface area contributed by atoms with Crippen molar-refractivity contribution in [1.82, 2.24) is 10.3 Å². The molecule has 0 bridgehead atoms. The lowest BCUT2D eigenvalue weighted by atomic mass is 10.0. The van der Waals surface area contributed by atoms with Gasteiger partial charge in [0.15, 0.2) is 0 Å². The van der Waals surface area contributed by atoms with Gasteiger partial charge in [-0.1, -0.05) is 31.9 Å². The quantitative estimate of drug-likeness (QED) is 0.770. The van der Waals surface area contributed by atoms with Gasteiger partial charge in [0.2, 0.25) is 0 Å². The topological polar surface area (TPSA) is 45.1 Å². The number of rotatable bonds is 6. The lowest BCUT2D eigenvalue weighted by Crippen LogP contribution is -2.33. The maximum absolute atomic E-state index is 9.87. The Bertz CT molecular complexity index is 346. The van der Waals surface area contributed by atoms with Crippen LogP contribution in [0.3, 0.4) is 0 Å². The van der Waals surface area contributed by atoms with Gasteiger partial charge >= 0.3 is 0 Å². The van der Waals surface area contributed by atoms with E-state index in [1.54, 1.807) is 6.20 Å². The van der Waals surface area contributed by atoms with Gasteiger partial charge in [-0.3, -0.25) is 0 Å². The molecule has 3 atom stereocenters. The molecule has 2 N–H and O–H groups in total. The molecule has 0 aliphatic heterocycles. The summed E-state index contributed by atoms with van der Waals surface area (Å²) in [6.45, 7) is 6.78. The maximum Gasteiger partial charge on any atom is 0.129 e. The van der Waals surface area contributed by atoms with Gasteiger partial charge in [0.1, 0.15) is 5.15 Å². The molecular weight excluding hydrogens is 236 g/mol. The van der Waals surface area contributed by atoms with Crippen molar-refractivity contribution in [3.8, 4) is 0 Å². The number of aliphatic hydroxyl groups excluding tert-OH is 1. The lowest BCUT2D eigenvalue weighted by Gasteiger charge is -2.21. The van der Waals surface area contributed by atoms with E-state index in [0.717, 1.165) is 12.0 Å². The van der Waals surface area contributed by atoms with E-state index in [1.807, 2.05) is 12.1 Å². The van der Waals surface area contributed by atoms with Crippen molar-refractivity contribution >= 4 is 11.6 Å². The number of aliphatic hydroxyl groups is 1. The highest BCUT2D eigenvalue weighted by Gasteiger charge is 2.13. The van der Waals surface area contributed by atoms with Gasteiger partial charge in [0, 0.05) is 18.8 Å². The molecule has 0 aliphatic carbocycles. The highest BCUT2D eigenvalue weighted by atomic mass is 35.5. The minimum absolute atomic E-state index is 0.161. The number of pyridine rings is 1. The predicted molar refractivity (Wildman–Crippen MR) is 71.1 cm³/mol. The molecule has 0 fully saturated rings. The summed E-state index contributed by atoms with van der Waals surface area (Å²) < 4.78 is 0. The van der Waals surface area contributed by atoms with Crippen molar-refractivity contribution in [2.45, 2.75) is 39.3 Å². The molecule has 1 rings (SSSR count). The van der Waals surface area contributed by atoms with Crippen molar-refractivity contribution in [2.75, 3.05) is 6.54 Å². The van der Waals surface area contributed by atoms with Gasteiger partial charge in [-0.05, 0) is 30.5 Å². The zero-order valence-electron chi connectivity index (χ0n) is 10.7. The van der Waals surface area contributed by atoms with E-state index < -0.39 is 0 Å². The molecule has 17 heavy (non-hydrogen) atoms. The summed E-state index contributed by atoms with van der Waals surface area (Å²) in [7, 11) is 0. The molecular formula is C13H21ClN2O. The summed E-state index contributed by atoms with van der Waals surface area (Å²) in [5, 5.41) is 13.7. The number of hydrogen-bond donors (Lipinski definition) is 2. The third-order valence-electron chi connectivity index (χ3n) is 3.18. The molecule has 3 nitrogen and oxygen atoms in total. The standard InChI is InChI=1S/C13H21ClN2O/c1-4-9(2)12(17)8-16-10(3)11-5-6-15-13(14)7-11/h5-7,9-10,12,16-17H,4,8H2,1-3H3. The summed E-state index contributed by atoms with van der Waals surface area (Å²) in [4.78, 5) is 3.95. The summed E-state index contributed by atoms with van der Waals surface area (Å²) in [6, 6.07) is 3.93. The highest BCUT2D eigenvalue weighted by molar-refractivity contribution is 6.29. The molecule has 0 spiro atoms. The van der Waals surface area contributed by atoms with E-state index in [-0.39, 0.29) is 12.1 Å². The Morgan fingerprint density at radius 1 is 1.47 bits per heavy atom. The van der Waals surface area contributed by atoms with Crippen LogP contribution >= 0.6 is 11.6 Å². The fraction of sp³-hybridized carbons (Fsp3) is 0.615. The van der Waals surface area contributed by atoms with Crippen LogP contribution in [0, 0.1) is 5.92 Å². The van der Waals surface area contributed by atoms with E-state index in [4.69, 9.17) is 11.6 Å². The van der Waals surface area contributed by atoms with Crippen molar-refractivity contribution in [2.24, 2.45) is 5.92 Å². The smallest absolute Gasteiger partial charge is 0.129 e. The predicted octanol–water partition coefficient (Wildman–Crippen LogP) is 2.79. The first kappa shape index (κ1) is 14.4. The lowest BCUT2D eigenvalue weighted by molar-refractivity contribution is 0.110. The SMILES string of the molecule is CCC(C)C(O)CNC(C)c1ccnc(Cl)c1. The van der Waals surface area contributed by atoms with Crippen LogP contribution in [-0.4, -0.2) is 22.7 Å². The first-order valence-electron chi connectivity index (χ1n) is 6.07. The molecule has 3 unspecified atom stereocenters. The Kier molecular flexibility index (Phi) is 5.89. The average Bonchev–Trinajstić information content (AvgIpc) is 2.34. The second kappa shape index (κ2) is 6.94. The van der Waals surface area contributed by atoms with E-state index in [1.165, 1.54) is 0 Å². The van der Waals surface area contributed by atoms with E-state index in [0.29, 0.717) is 17.6 Å². The minimum Gasteiger partial charge on any atom is -0.392 e. The van der Waals surface area contributed by atoms with Gasteiger partial charge in [0.25, 0.3) is 0 Å². The van der Waals surface area contributed by atoms with E-state index in [2.05, 4.69) is 31.1 Å². The number of nitrogens with zero attached hydrogens (tertiary/aromatic N) is 1. The van der Waals surface area contributed by atoms with Crippen molar-refractivity contribution in [3.05, 3.63) is 29.0 Å². The van der Waals surface area contributed by atoms with Gasteiger partial charge in [0.05, 0.1) is 6.10 Å².